The minimum absolute atomic E-state index is 0.0716. The van der Waals surface area contributed by atoms with Crippen LogP contribution in [0.15, 0.2) is 42.5 Å². The first-order valence-corrected chi connectivity index (χ1v) is 30.1. The molecule has 0 saturated carbocycles. The lowest BCUT2D eigenvalue weighted by molar-refractivity contribution is -0.902. The van der Waals surface area contributed by atoms with Crippen LogP contribution in [0.3, 0.4) is 0 Å². The maximum atomic E-state index is 13.5. The zero-order valence-corrected chi connectivity index (χ0v) is 46.3. The van der Waals surface area contributed by atoms with E-state index in [1.807, 2.05) is 18.2 Å². The molecule has 0 bridgehead atoms. The summed E-state index contributed by atoms with van der Waals surface area (Å²) in [6, 6.07) is 5.60. The van der Waals surface area contributed by atoms with Crippen LogP contribution >= 0.6 is 0 Å². The normalized spacial score (nSPS) is 12.2. The molecular formula is C60H117N6O4+5. The maximum Gasteiger partial charge on any atom is 0.278 e. The van der Waals surface area contributed by atoms with E-state index >= 15 is 0 Å². The maximum absolute atomic E-state index is 13.5. The van der Waals surface area contributed by atoms with E-state index in [0.29, 0.717) is 43.9 Å². The van der Waals surface area contributed by atoms with E-state index in [2.05, 4.69) is 66.0 Å². The third-order valence-corrected chi connectivity index (χ3v) is 13.8. The van der Waals surface area contributed by atoms with Gasteiger partial charge in [-0.3, -0.25) is 9.59 Å². The van der Waals surface area contributed by atoms with Crippen molar-refractivity contribution in [3.63, 3.8) is 0 Å². The van der Waals surface area contributed by atoms with E-state index < -0.39 is 0 Å². The average Bonchev–Trinajstić information content (AvgIpc) is 3.37. The summed E-state index contributed by atoms with van der Waals surface area (Å²) >= 11 is 0. The fourth-order valence-electron chi connectivity index (χ4n) is 9.23. The second-order valence-electron chi connectivity index (χ2n) is 20.4. The van der Waals surface area contributed by atoms with Crippen LogP contribution in [0.1, 0.15) is 249 Å². The summed E-state index contributed by atoms with van der Waals surface area (Å²) in [4.78, 5) is 28.5. The molecule has 0 heterocycles. The molecule has 0 aliphatic carbocycles. The van der Waals surface area contributed by atoms with Gasteiger partial charge in [-0.15, -0.1) is 0 Å². The zero-order valence-electron chi connectivity index (χ0n) is 46.3. The molecule has 1 amide bonds. The number of carbonyl (C=O) groups is 2. The number of quaternary nitrogens is 5. The predicted octanol–water partition coefficient (Wildman–Crippen LogP) is 9.09. The molecule has 1 atom stereocenters. The lowest BCUT2D eigenvalue weighted by Gasteiger charge is -2.20. The number of amides is 1. The molecule has 10 heteroatoms. The second kappa shape index (κ2) is 51.2. The summed E-state index contributed by atoms with van der Waals surface area (Å²) in [5.74, 6) is 1.56. The molecule has 0 aromatic heterocycles. The molecular weight excluding hydrogens is 869 g/mol. The van der Waals surface area contributed by atoms with Gasteiger partial charge in [0.05, 0.1) is 59.0 Å². The van der Waals surface area contributed by atoms with Crippen molar-refractivity contribution in [1.82, 2.24) is 5.32 Å². The number of carbonyl (C=O) groups excluding carboxylic acids is 2. The molecule has 0 saturated heterocycles. The molecule has 1 aromatic rings. The highest BCUT2D eigenvalue weighted by molar-refractivity contribution is 5.96. The number of rotatable bonds is 54. The molecule has 0 aliphatic rings. The summed E-state index contributed by atoms with van der Waals surface area (Å²) in [6.07, 6.45) is 51.5. The van der Waals surface area contributed by atoms with Gasteiger partial charge < -0.3 is 42.2 Å². The summed E-state index contributed by atoms with van der Waals surface area (Å²) in [5, 5.41) is 5.36. The number of hydrogen-bond acceptors (Lipinski definition) is 4. The minimum Gasteiger partial charge on any atom is -0.490 e. The Labute approximate surface area is 431 Å². The molecule has 0 aliphatic heterocycles. The highest BCUT2D eigenvalue weighted by Crippen LogP contribution is 2.30. The van der Waals surface area contributed by atoms with Crippen LogP contribution < -0.4 is 42.2 Å². The van der Waals surface area contributed by atoms with Crippen LogP contribution in [0.25, 0.3) is 0 Å². The van der Waals surface area contributed by atoms with Gasteiger partial charge in [-0.25, -0.2) is 0 Å². The van der Waals surface area contributed by atoms with Gasteiger partial charge in [-0.1, -0.05) is 154 Å². The summed E-state index contributed by atoms with van der Waals surface area (Å²) < 4.78 is 12.7. The van der Waals surface area contributed by atoms with E-state index in [0.717, 1.165) is 109 Å². The van der Waals surface area contributed by atoms with E-state index in [9.17, 15) is 9.59 Å². The van der Waals surface area contributed by atoms with Crippen LogP contribution in [0.2, 0.25) is 0 Å². The van der Waals surface area contributed by atoms with Crippen LogP contribution in [0.4, 0.5) is 0 Å². The van der Waals surface area contributed by atoms with E-state index in [1.54, 1.807) is 4.90 Å². The Morgan fingerprint density at radius 1 is 0.543 bits per heavy atom. The SMILES string of the molecule is CCCCCCCC/C=C\CCCCCCCCOc1ccc(C(=O)CCCNC(=O)C(CCC[NH+](CCC[NH3+])CCC[NH3+])[NH2+]CCC[NH3+])cc1OCCCCCCCC/C=C\CCCCCCCC. The molecule has 1 rings (SSSR count). The van der Waals surface area contributed by atoms with Crippen molar-refractivity contribution in [2.24, 2.45) is 0 Å². The van der Waals surface area contributed by atoms with Crippen molar-refractivity contribution >= 4 is 11.7 Å². The fourth-order valence-corrected chi connectivity index (χ4v) is 9.23. The van der Waals surface area contributed by atoms with Gasteiger partial charge >= 0.3 is 0 Å². The average molecular weight is 987 g/mol. The molecule has 0 radical (unpaired) electrons. The Morgan fingerprint density at radius 3 is 1.47 bits per heavy atom. The number of ketones is 1. The molecule has 0 spiro atoms. The van der Waals surface area contributed by atoms with Crippen LogP contribution in [0, 0.1) is 0 Å². The molecule has 0 fully saturated rings. The van der Waals surface area contributed by atoms with Crippen molar-refractivity contribution in [2.45, 2.75) is 245 Å². The van der Waals surface area contributed by atoms with Crippen molar-refractivity contribution in [3.05, 3.63) is 48.1 Å². The number of nitrogens with one attached hydrogen (secondary N) is 2. The number of unbranched alkanes of at least 4 members (excludes halogenated alkanes) is 24. The fraction of sp³-hybridized carbons (Fsp3) is 0.800. The van der Waals surface area contributed by atoms with Gasteiger partial charge in [0.1, 0.15) is 0 Å². The van der Waals surface area contributed by atoms with Gasteiger partial charge in [0.15, 0.2) is 23.3 Å². The van der Waals surface area contributed by atoms with Crippen LogP contribution in [-0.2, 0) is 4.79 Å². The number of nitrogens with two attached hydrogens (primary N) is 1. The topological polar surface area (TPSA) is 169 Å². The molecule has 406 valence electrons. The molecule has 70 heavy (non-hydrogen) atoms. The first-order chi connectivity index (χ1) is 34.5. The van der Waals surface area contributed by atoms with Gasteiger partial charge in [-0.05, 0) is 88.8 Å². The number of benzene rings is 1. The Morgan fingerprint density at radius 2 is 0.986 bits per heavy atom. The summed E-state index contributed by atoms with van der Waals surface area (Å²) in [7, 11) is 0. The van der Waals surface area contributed by atoms with Crippen LogP contribution in [0.5, 0.6) is 11.5 Å². The highest BCUT2D eigenvalue weighted by atomic mass is 16.5. The van der Waals surface area contributed by atoms with Gasteiger partial charge in [0, 0.05) is 50.6 Å². The third kappa shape index (κ3) is 39.8. The van der Waals surface area contributed by atoms with E-state index in [1.165, 1.54) is 154 Å². The van der Waals surface area contributed by atoms with Crippen LogP contribution in [-0.4, -0.2) is 83.3 Å². The van der Waals surface area contributed by atoms with Gasteiger partial charge in [0.2, 0.25) is 0 Å². The first-order valence-electron chi connectivity index (χ1n) is 30.1. The lowest BCUT2D eigenvalue weighted by atomic mass is 10.1. The predicted molar refractivity (Wildman–Crippen MR) is 295 cm³/mol. The van der Waals surface area contributed by atoms with Crippen molar-refractivity contribution in [2.75, 3.05) is 65.6 Å². The van der Waals surface area contributed by atoms with Gasteiger partial charge in [0.25, 0.3) is 5.91 Å². The van der Waals surface area contributed by atoms with Gasteiger partial charge in [-0.2, -0.15) is 0 Å². The largest absolute Gasteiger partial charge is 0.490 e. The summed E-state index contributed by atoms with van der Waals surface area (Å²) in [6.45, 7) is 13.4. The Balaban J connectivity index is 2.62. The number of allylic oxidation sites excluding steroid dienone is 4. The minimum atomic E-state index is -0.111. The van der Waals surface area contributed by atoms with Crippen molar-refractivity contribution < 1.29 is 46.5 Å². The molecule has 13 N–H and O–H groups in total. The lowest BCUT2D eigenvalue weighted by Crippen LogP contribution is -3.12. The van der Waals surface area contributed by atoms with E-state index in [-0.39, 0.29) is 17.7 Å². The van der Waals surface area contributed by atoms with Crippen molar-refractivity contribution in [3.8, 4) is 11.5 Å². The number of Topliss-reactive ketones (excluding diaryl/α,β-unsaturated/α-hetero) is 1. The highest BCUT2D eigenvalue weighted by Gasteiger charge is 2.22. The first kappa shape index (κ1) is 65.3. The Kier molecular flexibility index (Phi) is 47.7. The smallest absolute Gasteiger partial charge is 0.278 e. The molecule has 1 unspecified atom stereocenters. The summed E-state index contributed by atoms with van der Waals surface area (Å²) in [5.41, 5.74) is 12.7. The molecule has 1 aromatic carbocycles. The second-order valence-corrected chi connectivity index (χ2v) is 20.4. The monoisotopic (exact) mass is 986 g/mol. The zero-order chi connectivity index (χ0) is 50.6. The molecule has 10 nitrogen and oxygen atoms in total. The standard InChI is InChI=1S/C60H112N6O4/c1-3-5-7-9-11-13-15-17-19-21-23-25-27-29-31-33-52-69-58-43-42-55(54-59(58)70-53-34-32-30-28-26-24-22-20-18-16-14-12-10-8-6-4-2)57(67)41-35-47-65-60(68)56(64-48-37-44-61)40-36-49-66(50-38-45-62)51-39-46-63/h17-20,42-43,54,56,64H,3-16,21-41,44-53,61-63H2,1-2H3,(H,65,68)/p+5/b19-17-,20-18-. The van der Waals surface area contributed by atoms with Crippen molar-refractivity contribution in [1.29, 1.82) is 0 Å². The Bertz CT molecular complexity index is 1370. The third-order valence-electron chi connectivity index (χ3n) is 13.8. The Hall–Kier alpha value is -2.76. The number of ether oxygens (including phenoxy) is 2. The van der Waals surface area contributed by atoms with E-state index in [4.69, 9.17) is 9.47 Å². The number of hydrogen-bond donors (Lipinski definition) is 6. The quantitative estimate of drug-likeness (QED) is 0.0218.